The van der Waals surface area contributed by atoms with Gasteiger partial charge in [-0.2, -0.15) is 5.10 Å². The van der Waals surface area contributed by atoms with Gasteiger partial charge in [0.25, 0.3) is 0 Å². The van der Waals surface area contributed by atoms with Gasteiger partial charge >= 0.3 is 0 Å². The molecule has 0 aliphatic rings. The summed E-state index contributed by atoms with van der Waals surface area (Å²) >= 11 is 10.5. The molecule has 0 spiro atoms. The van der Waals surface area contributed by atoms with Gasteiger partial charge in [-0.1, -0.05) is 56.1 Å². The van der Waals surface area contributed by atoms with E-state index in [1.807, 2.05) is 55.5 Å². The van der Waals surface area contributed by atoms with E-state index in [0.717, 1.165) is 35.6 Å². The van der Waals surface area contributed by atoms with Crippen LogP contribution in [0, 0.1) is 6.92 Å². The average molecular weight is 617 g/mol. The third-order valence-corrected chi connectivity index (χ3v) is 6.20. The highest BCUT2D eigenvalue weighted by Gasteiger charge is 2.11. The molecule has 2 N–H and O–H groups in total. The van der Waals surface area contributed by atoms with E-state index in [4.69, 9.17) is 9.98 Å². The maximum Gasteiger partial charge on any atom is 0.173 e. The van der Waals surface area contributed by atoms with Crippen molar-refractivity contribution in [1.29, 1.82) is 0 Å². The first-order chi connectivity index (χ1) is 15.4. The summed E-state index contributed by atoms with van der Waals surface area (Å²) in [6, 6.07) is 20.9. The van der Waals surface area contributed by atoms with Gasteiger partial charge in [-0.3, -0.25) is 5.43 Å². The summed E-state index contributed by atoms with van der Waals surface area (Å²) in [6.07, 6.45) is 1.54. The minimum atomic E-state index is 0.132. The number of aromatic nitrogens is 1. The highest BCUT2D eigenvalue weighted by molar-refractivity contribution is 9.11. The molecule has 5 nitrogen and oxygen atoms in total. The summed E-state index contributed by atoms with van der Waals surface area (Å²) in [4.78, 5) is 9.59. The van der Waals surface area contributed by atoms with Crippen molar-refractivity contribution < 1.29 is 5.11 Å². The fraction of sp³-hybridized carbons (Fsp3) is 0.0417. The number of halogens is 3. The van der Waals surface area contributed by atoms with Crippen LogP contribution in [0.15, 0.2) is 90.2 Å². The predicted molar refractivity (Wildman–Crippen MR) is 141 cm³/mol. The maximum atomic E-state index is 10.1. The van der Waals surface area contributed by atoms with Gasteiger partial charge in [0.2, 0.25) is 0 Å². The second-order valence-electron chi connectivity index (χ2n) is 6.98. The molecule has 32 heavy (non-hydrogen) atoms. The van der Waals surface area contributed by atoms with Crippen LogP contribution in [0.1, 0.15) is 16.8 Å². The van der Waals surface area contributed by atoms with Crippen LogP contribution in [0.25, 0.3) is 10.9 Å². The molecule has 0 aliphatic heterocycles. The number of hydrogen-bond acceptors (Lipinski definition) is 4. The van der Waals surface area contributed by atoms with Crippen molar-refractivity contribution in [2.75, 3.05) is 0 Å². The number of rotatable bonds is 4. The summed E-state index contributed by atoms with van der Waals surface area (Å²) in [5.41, 5.74) is 6.84. The zero-order valence-electron chi connectivity index (χ0n) is 16.9. The summed E-state index contributed by atoms with van der Waals surface area (Å²) in [7, 11) is 0. The number of benzene rings is 3. The third-order valence-electron chi connectivity index (χ3n) is 4.65. The van der Waals surface area contributed by atoms with Crippen LogP contribution in [0.2, 0.25) is 0 Å². The second-order valence-corrected chi connectivity index (χ2v) is 9.66. The minimum absolute atomic E-state index is 0.132. The standard InChI is InChI=1S/C24H17Br3N4O/c1-14-10-18(26)12-19(27)23(14)30-24(21-8-6-15-4-2-3-5-20(15)29-21)31-28-13-16-11-17(25)7-9-22(16)32/h2-13,32H,1H3,(H,30,31)/b28-13+. The minimum Gasteiger partial charge on any atom is -0.507 e. The Morgan fingerprint density at radius 2 is 1.78 bits per heavy atom. The number of pyridine rings is 1. The van der Waals surface area contributed by atoms with Gasteiger partial charge in [0.05, 0.1) is 17.4 Å². The van der Waals surface area contributed by atoms with E-state index in [-0.39, 0.29) is 5.75 Å². The van der Waals surface area contributed by atoms with Gasteiger partial charge in [0.15, 0.2) is 5.84 Å². The number of nitrogens with one attached hydrogen (secondary N) is 1. The lowest BCUT2D eigenvalue weighted by Gasteiger charge is -2.10. The Morgan fingerprint density at radius 3 is 2.59 bits per heavy atom. The molecule has 0 saturated heterocycles. The summed E-state index contributed by atoms with van der Waals surface area (Å²) in [5, 5.41) is 15.4. The molecule has 4 rings (SSSR count). The molecule has 0 amide bonds. The smallest absolute Gasteiger partial charge is 0.173 e. The maximum absolute atomic E-state index is 10.1. The van der Waals surface area contributed by atoms with Gasteiger partial charge < -0.3 is 5.11 Å². The van der Waals surface area contributed by atoms with Gasteiger partial charge in [0.1, 0.15) is 11.4 Å². The van der Waals surface area contributed by atoms with Gasteiger partial charge in [-0.15, -0.1) is 0 Å². The molecule has 8 heteroatoms. The molecule has 0 unspecified atom stereocenters. The largest absolute Gasteiger partial charge is 0.507 e. The summed E-state index contributed by atoms with van der Waals surface area (Å²) in [6.45, 7) is 1.99. The molecule has 0 atom stereocenters. The number of phenolic OH excluding ortho intramolecular Hbond substituents is 1. The quantitative estimate of drug-likeness (QED) is 0.144. The van der Waals surface area contributed by atoms with Crippen LogP contribution in [-0.2, 0) is 0 Å². The number of fused-ring (bicyclic) bond motifs is 1. The number of hydrogen-bond donors (Lipinski definition) is 2. The number of amidine groups is 1. The van der Waals surface area contributed by atoms with E-state index in [9.17, 15) is 5.11 Å². The normalized spacial score (nSPS) is 11.9. The topological polar surface area (TPSA) is 69.9 Å². The fourth-order valence-corrected chi connectivity index (χ4v) is 4.98. The second kappa shape index (κ2) is 9.94. The Morgan fingerprint density at radius 1 is 0.969 bits per heavy atom. The number of phenols is 1. The van der Waals surface area contributed by atoms with Crippen molar-refractivity contribution in [3.8, 4) is 5.75 Å². The molecular weight excluding hydrogens is 600 g/mol. The summed E-state index contributed by atoms with van der Waals surface area (Å²) < 4.78 is 2.65. The van der Waals surface area contributed by atoms with Gasteiger partial charge in [0, 0.05) is 24.4 Å². The monoisotopic (exact) mass is 614 g/mol. The van der Waals surface area contributed by atoms with Crippen molar-refractivity contribution in [2.45, 2.75) is 6.92 Å². The van der Waals surface area contributed by atoms with Crippen molar-refractivity contribution in [3.63, 3.8) is 0 Å². The molecule has 0 fully saturated rings. The Kier molecular flexibility index (Phi) is 7.03. The van der Waals surface area contributed by atoms with Crippen LogP contribution in [0.3, 0.4) is 0 Å². The number of para-hydroxylation sites is 1. The number of hydrazone groups is 1. The van der Waals surface area contributed by atoms with Crippen LogP contribution in [0.5, 0.6) is 5.75 Å². The molecule has 0 radical (unpaired) electrons. The van der Waals surface area contributed by atoms with Crippen LogP contribution < -0.4 is 5.43 Å². The highest BCUT2D eigenvalue weighted by atomic mass is 79.9. The first-order valence-electron chi connectivity index (χ1n) is 9.59. The van der Waals surface area contributed by atoms with E-state index in [1.165, 1.54) is 0 Å². The van der Waals surface area contributed by atoms with E-state index < -0.39 is 0 Å². The lowest BCUT2D eigenvalue weighted by molar-refractivity contribution is 0.474. The molecule has 1 aromatic heterocycles. The Hall–Kier alpha value is -2.55. The Bertz CT molecular complexity index is 1350. The fourth-order valence-electron chi connectivity index (χ4n) is 3.08. The van der Waals surface area contributed by atoms with Crippen molar-refractivity contribution >= 4 is 76.4 Å². The number of aliphatic imine (C=N–C) groups is 1. The molecule has 0 bridgehead atoms. The molecule has 1 heterocycles. The lowest BCUT2D eigenvalue weighted by atomic mass is 10.2. The molecule has 160 valence electrons. The van der Waals surface area contributed by atoms with E-state index in [0.29, 0.717) is 17.1 Å². The molecular formula is C24H17Br3N4O. The van der Waals surface area contributed by atoms with Crippen LogP contribution in [-0.4, -0.2) is 22.1 Å². The van der Waals surface area contributed by atoms with E-state index >= 15 is 0 Å². The van der Waals surface area contributed by atoms with E-state index in [1.54, 1.807) is 24.4 Å². The first kappa shape index (κ1) is 22.6. The van der Waals surface area contributed by atoms with Crippen LogP contribution in [0.4, 0.5) is 5.69 Å². The molecule has 3 aromatic carbocycles. The zero-order chi connectivity index (χ0) is 22.7. The Balaban J connectivity index is 1.77. The van der Waals surface area contributed by atoms with Crippen molar-refractivity contribution in [3.05, 3.63) is 97.0 Å². The average Bonchev–Trinajstić information content (AvgIpc) is 2.77. The third kappa shape index (κ3) is 5.26. The van der Waals surface area contributed by atoms with E-state index in [2.05, 4.69) is 58.3 Å². The lowest BCUT2D eigenvalue weighted by Crippen LogP contribution is -2.20. The van der Waals surface area contributed by atoms with Gasteiger partial charge in [-0.25, -0.2) is 9.98 Å². The zero-order valence-corrected chi connectivity index (χ0v) is 21.6. The molecule has 0 saturated carbocycles. The van der Waals surface area contributed by atoms with Crippen LogP contribution >= 0.6 is 47.8 Å². The van der Waals surface area contributed by atoms with Crippen molar-refractivity contribution in [1.82, 2.24) is 10.4 Å². The SMILES string of the molecule is Cc1cc(Br)cc(Br)c1N=C(N/N=C/c1cc(Br)ccc1O)c1ccc2ccccc2n1. The molecule has 0 aliphatic carbocycles. The number of nitrogens with zero attached hydrogens (tertiary/aromatic N) is 3. The predicted octanol–water partition coefficient (Wildman–Crippen LogP) is 7.24. The summed E-state index contributed by atoms with van der Waals surface area (Å²) in [5.74, 6) is 0.611. The molecule has 4 aromatic rings. The van der Waals surface area contributed by atoms with Gasteiger partial charge in [-0.05, 0) is 70.9 Å². The first-order valence-corrected chi connectivity index (χ1v) is 12.0. The van der Waals surface area contributed by atoms with Crippen molar-refractivity contribution in [2.24, 2.45) is 10.1 Å². The highest BCUT2D eigenvalue weighted by Crippen LogP contribution is 2.33. The number of aromatic hydroxyl groups is 1. The number of aryl methyl sites for hydroxylation is 1. The Labute approximate surface area is 210 Å².